The number of anilines is 1. The van der Waals surface area contributed by atoms with E-state index in [0.29, 0.717) is 53.6 Å². The molecule has 2 amide bonds. The van der Waals surface area contributed by atoms with Crippen molar-refractivity contribution in [2.24, 2.45) is 0 Å². The van der Waals surface area contributed by atoms with E-state index in [1.54, 1.807) is 6.20 Å². The quantitative estimate of drug-likeness (QED) is 0.126. The molecule has 1 aromatic heterocycles. The van der Waals surface area contributed by atoms with E-state index >= 15 is 0 Å². The van der Waals surface area contributed by atoms with Crippen molar-refractivity contribution in [2.75, 3.05) is 18.4 Å². The predicted octanol–water partition coefficient (Wildman–Crippen LogP) is 7.43. The lowest BCUT2D eigenvalue weighted by molar-refractivity contribution is 0.0651. The molecule has 2 heterocycles. The van der Waals surface area contributed by atoms with E-state index in [0.717, 1.165) is 23.0 Å². The number of carbonyl (C=O) groups is 2. The molecule has 0 aliphatic carbocycles. The molecule has 0 spiro atoms. The molecule has 0 fully saturated rings. The van der Waals surface area contributed by atoms with Gasteiger partial charge in [-0.25, -0.2) is 0 Å². The number of aromatic nitrogens is 1. The van der Waals surface area contributed by atoms with Gasteiger partial charge in [-0.3, -0.25) is 19.5 Å². The number of unbranched alkanes of at least 4 members (excludes halogenated alkanes) is 1. The van der Waals surface area contributed by atoms with Crippen LogP contribution in [-0.2, 0) is 0 Å². The summed E-state index contributed by atoms with van der Waals surface area (Å²) in [4.78, 5) is 31.4. The number of nitrogens with one attached hydrogen (secondary N) is 1. The van der Waals surface area contributed by atoms with Gasteiger partial charge in [0, 0.05) is 53.3 Å². The highest BCUT2D eigenvalue weighted by Gasteiger charge is 2.40. The minimum absolute atomic E-state index is 0.286. The van der Waals surface area contributed by atoms with Crippen LogP contribution in [0.25, 0.3) is 10.9 Å². The number of hydrogen-bond acceptors (Lipinski definition) is 4. The van der Waals surface area contributed by atoms with Crippen LogP contribution in [0.2, 0.25) is 5.02 Å². The molecule has 0 radical (unpaired) electrons. The van der Waals surface area contributed by atoms with Crippen LogP contribution in [0.4, 0.5) is 5.69 Å². The van der Waals surface area contributed by atoms with Gasteiger partial charge in [-0.2, -0.15) is 0 Å². The molecule has 10 heteroatoms. The smallest absolute Gasteiger partial charge is 0.262 e. The fourth-order valence-electron chi connectivity index (χ4n) is 3.49. The zero-order valence-corrected chi connectivity index (χ0v) is 22.9. The van der Waals surface area contributed by atoms with Gasteiger partial charge in [0.05, 0.1) is 16.6 Å². The highest BCUT2D eigenvalue weighted by atomic mass is 79.9. The number of carbonyl (C=O) groups excluding carboxylic acids is 2. The van der Waals surface area contributed by atoms with Gasteiger partial charge in [0.1, 0.15) is 0 Å². The number of benzene rings is 2. The van der Waals surface area contributed by atoms with Crippen LogP contribution in [0, 0.1) is 0 Å². The van der Waals surface area contributed by atoms with Crippen LogP contribution in [-0.4, -0.2) is 34.8 Å². The SMILES string of the molecule is O=C1c2c(Br)c(Br)c(Br)c(Br)c2C(=O)N1CCCCNc1ccnc2cc(Cl)ccc12. The normalized spacial score (nSPS) is 13.3. The minimum atomic E-state index is -0.286. The van der Waals surface area contributed by atoms with Crippen molar-refractivity contribution in [3.8, 4) is 0 Å². The average Bonchev–Trinajstić information content (AvgIpc) is 3.00. The van der Waals surface area contributed by atoms with Crippen LogP contribution >= 0.6 is 75.3 Å². The summed E-state index contributed by atoms with van der Waals surface area (Å²) in [6, 6.07) is 7.53. The third-order valence-corrected chi connectivity index (χ3v) is 10.0. The summed E-state index contributed by atoms with van der Waals surface area (Å²) in [6.45, 7) is 1.06. The molecule has 160 valence electrons. The predicted molar refractivity (Wildman–Crippen MR) is 137 cm³/mol. The van der Waals surface area contributed by atoms with E-state index in [9.17, 15) is 9.59 Å². The van der Waals surface area contributed by atoms with E-state index in [2.05, 4.69) is 74.0 Å². The van der Waals surface area contributed by atoms with Gasteiger partial charge in [0.2, 0.25) is 0 Å². The summed E-state index contributed by atoms with van der Waals surface area (Å²) in [7, 11) is 0. The highest BCUT2D eigenvalue weighted by molar-refractivity contribution is 9.15. The molecule has 4 rings (SSSR count). The maximum atomic E-state index is 12.9. The van der Waals surface area contributed by atoms with E-state index in [-0.39, 0.29) is 11.8 Å². The fourth-order valence-corrected chi connectivity index (χ4v) is 6.12. The average molecular weight is 695 g/mol. The van der Waals surface area contributed by atoms with Gasteiger partial charge in [0.25, 0.3) is 11.8 Å². The van der Waals surface area contributed by atoms with Crippen molar-refractivity contribution < 1.29 is 9.59 Å². The van der Waals surface area contributed by atoms with Gasteiger partial charge in [-0.05, 0) is 101 Å². The van der Waals surface area contributed by atoms with Gasteiger partial charge in [-0.1, -0.05) is 11.6 Å². The number of fused-ring (bicyclic) bond motifs is 2. The molecule has 5 nitrogen and oxygen atoms in total. The molecule has 1 aliphatic rings. The number of nitrogens with zero attached hydrogens (tertiary/aromatic N) is 2. The van der Waals surface area contributed by atoms with Gasteiger partial charge in [0.15, 0.2) is 0 Å². The molecule has 2 aromatic carbocycles. The van der Waals surface area contributed by atoms with Crippen LogP contribution in [0.1, 0.15) is 33.6 Å². The van der Waals surface area contributed by atoms with Gasteiger partial charge >= 0.3 is 0 Å². The number of amides is 2. The van der Waals surface area contributed by atoms with Gasteiger partial charge in [-0.15, -0.1) is 0 Å². The first kappa shape index (κ1) is 23.2. The van der Waals surface area contributed by atoms with E-state index in [1.807, 2.05) is 24.3 Å². The summed E-state index contributed by atoms with van der Waals surface area (Å²) in [5, 5.41) is 5.05. The van der Waals surface area contributed by atoms with Crippen LogP contribution in [0.5, 0.6) is 0 Å². The topological polar surface area (TPSA) is 62.3 Å². The molecule has 31 heavy (non-hydrogen) atoms. The summed E-state index contributed by atoms with van der Waals surface area (Å²) >= 11 is 19.8. The van der Waals surface area contributed by atoms with Crippen LogP contribution in [0.15, 0.2) is 48.4 Å². The third-order valence-electron chi connectivity index (χ3n) is 5.01. The summed E-state index contributed by atoms with van der Waals surface area (Å²) in [5.41, 5.74) is 2.57. The summed E-state index contributed by atoms with van der Waals surface area (Å²) < 4.78 is 2.53. The Hall–Kier alpha value is -1.00. The Labute approximate surface area is 217 Å². The number of hydrogen-bond donors (Lipinski definition) is 1. The second kappa shape index (κ2) is 9.47. The van der Waals surface area contributed by atoms with Crippen LogP contribution < -0.4 is 5.32 Å². The number of halogens is 5. The Kier molecular flexibility index (Phi) is 7.08. The number of imide groups is 1. The molecular weight excluding hydrogens is 681 g/mol. The monoisotopic (exact) mass is 691 g/mol. The minimum Gasteiger partial charge on any atom is -0.384 e. The molecule has 0 saturated heterocycles. The number of pyridine rings is 1. The molecular formula is C21H14Br4ClN3O2. The largest absolute Gasteiger partial charge is 0.384 e. The standard InChI is InChI=1S/C21H14Br4ClN3O2/c22-16-14-15(17(23)19(25)18(16)24)21(31)29(20(14)30)8-2-1-6-27-12-5-7-28-13-9-10(26)3-4-11(12)13/h3-5,7,9H,1-2,6,8H2,(H,27,28). The lowest BCUT2D eigenvalue weighted by Crippen LogP contribution is -2.31. The second-order valence-corrected chi connectivity index (χ2v) is 10.5. The van der Waals surface area contributed by atoms with Crippen molar-refractivity contribution in [2.45, 2.75) is 12.8 Å². The van der Waals surface area contributed by atoms with E-state index in [4.69, 9.17) is 11.6 Å². The lowest BCUT2D eigenvalue weighted by atomic mass is 10.1. The Morgan fingerprint density at radius 1 is 0.903 bits per heavy atom. The van der Waals surface area contributed by atoms with E-state index < -0.39 is 0 Å². The molecule has 0 saturated carbocycles. The fraction of sp³-hybridized carbons (Fsp3) is 0.190. The Morgan fingerprint density at radius 3 is 2.19 bits per heavy atom. The van der Waals surface area contributed by atoms with Crippen molar-refractivity contribution in [1.29, 1.82) is 0 Å². The van der Waals surface area contributed by atoms with Crippen LogP contribution in [0.3, 0.4) is 0 Å². The number of rotatable bonds is 6. The van der Waals surface area contributed by atoms with Crippen molar-refractivity contribution in [1.82, 2.24) is 9.88 Å². The third kappa shape index (κ3) is 4.31. The zero-order valence-electron chi connectivity index (χ0n) is 15.8. The molecule has 0 atom stereocenters. The highest BCUT2D eigenvalue weighted by Crippen LogP contribution is 2.45. The van der Waals surface area contributed by atoms with Crippen molar-refractivity contribution >= 4 is 104 Å². The first-order valence-corrected chi connectivity index (χ1v) is 12.9. The summed E-state index contributed by atoms with van der Waals surface area (Å²) in [5.74, 6) is -0.573. The lowest BCUT2D eigenvalue weighted by Gasteiger charge is -2.14. The maximum absolute atomic E-state index is 12.9. The Morgan fingerprint density at radius 2 is 1.55 bits per heavy atom. The Balaban J connectivity index is 1.39. The Bertz CT molecular complexity index is 1190. The zero-order chi connectivity index (χ0) is 22.3. The first-order valence-electron chi connectivity index (χ1n) is 9.31. The second-order valence-electron chi connectivity index (χ2n) is 6.92. The molecule has 0 unspecified atom stereocenters. The maximum Gasteiger partial charge on any atom is 0.262 e. The van der Waals surface area contributed by atoms with Gasteiger partial charge < -0.3 is 5.32 Å². The first-order chi connectivity index (χ1) is 14.8. The molecule has 1 aliphatic heterocycles. The molecule has 0 bridgehead atoms. The summed E-state index contributed by atoms with van der Waals surface area (Å²) in [6.07, 6.45) is 3.22. The molecule has 3 aromatic rings. The molecule has 1 N–H and O–H groups in total. The van der Waals surface area contributed by atoms with E-state index in [1.165, 1.54) is 4.90 Å². The van der Waals surface area contributed by atoms with Crippen molar-refractivity contribution in [3.63, 3.8) is 0 Å². The van der Waals surface area contributed by atoms with Crippen molar-refractivity contribution in [3.05, 3.63) is 64.5 Å².